The molecule has 0 aromatic rings. The summed E-state index contributed by atoms with van der Waals surface area (Å²) in [6.45, 7) is 4.25. The second-order valence-corrected chi connectivity index (χ2v) is 5.88. The van der Waals surface area contributed by atoms with Crippen LogP contribution < -0.4 is 0 Å². The summed E-state index contributed by atoms with van der Waals surface area (Å²) in [5.41, 5.74) is 0. The highest BCUT2D eigenvalue weighted by atomic mass is 16.2. The molecule has 0 spiro atoms. The highest BCUT2D eigenvalue weighted by molar-refractivity contribution is 4.50. The third kappa shape index (κ3) is 18.0. The Bertz CT molecular complexity index is 129. The van der Waals surface area contributed by atoms with Gasteiger partial charge in [0.05, 0.1) is 0 Å². The second kappa shape index (κ2) is 18.0. The van der Waals surface area contributed by atoms with Gasteiger partial charge in [-0.05, 0) is 6.42 Å². The molecule has 0 heterocycles. The van der Waals surface area contributed by atoms with Crippen molar-refractivity contribution < 1.29 is 5.11 Å². The fourth-order valence-corrected chi connectivity index (χ4v) is 2.59. The van der Waals surface area contributed by atoms with E-state index in [9.17, 15) is 0 Å². The molecular weight excluding hydrogens is 232 g/mol. The van der Waals surface area contributed by atoms with E-state index in [0.29, 0.717) is 6.61 Å². The molecule has 0 aliphatic heterocycles. The first-order valence-corrected chi connectivity index (χ1v) is 8.82. The van der Waals surface area contributed by atoms with E-state index >= 15 is 0 Å². The van der Waals surface area contributed by atoms with E-state index in [1.807, 2.05) is 0 Å². The Labute approximate surface area is 122 Å². The molecule has 0 aliphatic carbocycles. The van der Waals surface area contributed by atoms with E-state index in [2.05, 4.69) is 6.92 Å². The van der Waals surface area contributed by atoms with Gasteiger partial charge >= 0.3 is 0 Å². The standard InChI is InChI=1S/C18H37O/c1-2-3-4-5-6-7-8-9-10-11-12-13-14-15-16-17-18-19/h19H,1-18H2. The molecular formula is C18H37O. The topological polar surface area (TPSA) is 20.2 Å². The zero-order valence-electron chi connectivity index (χ0n) is 13.2. The summed E-state index contributed by atoms with van der Waals surface area (Å²) in [7, 11) is 0. The molecule has 0 amide bonds. The van der Waals surface area contributed by atoms with Gasteiger partial charge in [-0.3, -0.25) is 0 Å². The first kappa shape index (κ1) is 19.0. The molecule has 0 atom stereocenters. The largest absolute Gasteiger partial charge is 0.396 e. The number of hydrogen-bond donors (Lipinski definition) is 1. The summed E-state index contributed by atoms with van der Waals surface area (Å²) < 4.78 is 0. The van der Waals surface area contributed by atoms with Crippen LogP contribution in [0.4, 0.5) is 0 Å². The first-order valence-electron chi connectivity index (χ1n) is 8.82. The lowest BCUT2D eigenvalue weighted by Gasteiger charge is -2.03. The van der Waals surface area contributed by atoms with Gasteiger partial charge in [-0.25, -0.2) is 0 Å². The Morgan fingerprint density at radius 1 is 0.421 bits per heavy atom. The van der Waals surface area contributed by atoms with Gasteiger partial charge in [0.2, 0.25) is 0 Å². The Balaban J connectivity index is 2.88. The average Bonchev–Trinajstić information content (AvgIpc) is 2.43. The van der Waals surface area contributed by atoms with Gasteiger partial charge in [0.1, 0.15) is 0 Å². The fourth-order valence-electron chi connectivity index (χ4n) is 2.59. The summed E-state index contributed by atoms with van der Waals surface area (Å²) in [4.78, 5) is 0. The van der Waals surface area contributed by atoms with E-state index in [1.165, 1.54) is 89.9 Å². The lowest BCUT2D eigenvalue weighted by atomic mass is 10.0. The van der Waals surface area contributed by atoms with Gasteiger partial charge in [-0.2, -0.15) is 0 Å². The van der Waals surface area contributed by atoms with E-state index in [-0.39, 0.29) is 0 Å². The van der Waals surface area contributed by atoms with Crippen molar-refractivity contribution in [2.75, 3.05) is 6.61 Å². The van der Waals surface area contributed by atoms with Gasteiger partial charge in [-0.15, -0.1) is 0 Å². The van der Waals surface area contributed by atoms with Crippen LogP contribution in [0, 0.1) is 6.92 Å². The molecule has 0 aromatic heterocycles. The molecule has 19 heavy (non-hydrogen) atoms. The molecule has 115 valence electrons. The Morgan fingerprint density at radius 2 is 0.684 bits per heavy atom. The predicted octanol–water partition coefficient (Wildman–Crippen LogP) is 6.05. The maximum absolute atomic E-state index is 8.67. The van der Waals surface area contributed by atoms with Crippen LogP contribution in [0.15, 0.2) is 0 Å². The third-order valence-corrected chi connectivity index (χ3v) is 3.91. The summed E-state index contributed by atoms with van der Waals surface area (Å²) in [5.74, 6) is 0. The number of aliphatic hydroxyl groups is 1. The van der Waals surface area contributed by atoms with Crippen molar-refractivity contribution in [3.05, 3.63) is 6.92 Å². The van der Waals surface area contributed by atoms with Crippen molar-refractivity contribution in [2.45, 2.75) is 103 Å². The predicted molar refractivity (Wildman–Crippen MR) is 86.3 cm³/mol. The summed E-state index contributed by atoms with van der Waals surface area (Å²) >= 11 is 0. The van der Waals surface area contributed by atoms with Gasteiger partial charge in [0.25, 0.3) is 0 Å². The number of unbranched alkanes of at least 4 members (excludes halogenated alkanes) is 15. The number of aliphatic hydroxyl groups excluding tert-OH is 1. The van der Waals surface area contributed by atoms with Crippen molar-refractivity contribution in [1.82, 2.24) is 0 Å². The van der Waals surface area contributed by atoms with Gasteiger partial charge < -0.3 is 5.11 Å². The molecule has 0 rings (SSSR count). The molecule has 0 bridgehead atoms. The van der Waals surface area contributed by atoms with Gasteiger partial charge in [0.15, 0.2) is 0 Å². The van der Waals surface area contributed by atoms with Crippen LogP contribution in [-0.4, -0.2) is 11.7 Å². The molecule has 0 unspecified atom stereocenters. The quantitative estimate of drug-likeness (QED) is 0.338. The Kier molecular flexibility index (Phi) is 17.9. The normalized spacial score (nSPS) is 11.1. The minimum absolute atomic E-state index is 0.370. The number of rotatable bonds is 16. The fraction of sp³-hybridized carbons (Fsp3) is 0.944. The van der Waals surface area contributed by atoms with Crippen LogP contribution in [0.1, 0.15) is 103 Å². The molecule has 0 aromatic carbocycles. The zero-order chi connectivity index (χ0) is 14.0. The highest BCUT2D eigenvalue weighted by Gasteiger charge is 1.94. The molecule has 0 fully saturated rings. The molecule has 1 nitrogen and oxygen atoms in total. The summed E-state index contributed by atoms with van der Waals surface area (Å²) in [5, 5.41) is 8.67. The van der Waals surface area contributed by atoms with Crippen molar-refractivity contribution in [1.29, 1.82) is 0 Å². The van der Waals surface area contributed by atoms with E-state index in [1.54, 1.807) is 0 Å². The van der Waals surface area contributed by atoms with Gasteiger partial charge in [0, 0.05) is 6.61 Å². The van der Waals surface area contributed by atoms with Crippen molar-refractivity contribution >= 4 is 0 Å². The van der Waals surface area contributed by atoms with E-state index in [0.717, 1.165) is 12.8 Å². The smallest absolute Gasteiger partial charge is 0.0431 e. The van der Waals surface area contributed by atoms with Crippen LogP contribution in [0.25, 0.3) is 0 Å². The van der Waals surface area contributed by atoms with Crippen LogP contribution >= 0.6 is 0 Å². The third-order valence-electron chi connectivity index (χ3n) is 3.91. The second-order valence-electron chi connectivity index (χ2n) is 5.88. The van der Waals surface area contributed by atoms with Crippen molar-refractivity contribution in [2.24, 2.45) is 0 Å². The Hall–Kier alpha value is -0.0400. The molecule has 1 radical (unpaired) electrons. The minimum atomic E-state index is 0.370. The van der Waals surface area contributed by atoms with Crippen molar-refractivity contribution in [3.63, 3.8) is 0 Å². The molecule has 0 saturated carbocycles. The lowest BCUT2D eigenvalue weighted by Crippen LogP contribution is -1.85. The first-order chi connectivity index (χ1) is 9.41. The highest BCUT2D eigenvalue weighted by Crippen LogP contribution is 2.13. The summed E-state index contributed by atoms with van der Waals surface area (Å²) in [6.07, 6.45) is 21.6. The SMILES string of the molecule is [CH2]CCCCCCCCCCCCCCCCCO. The van der Waals surface area contributed by atoms with Crippen LogP contribution in [0.2, 0.25) is 0 Å². The molecule has 1 heteroatoms. The van der Waals surface area contributed by atoms with E-state index < -0.39 is 0 Å². The maximum atomic E-state index is 8.67. The van der Waals surface area contributed by atoms with Crippen LogP contribution in [0.3, 0.4) is 0 Å². The maximum Gasteiger partial charge on any atom is 0.0431 e. The van der Waals surface area contributed by atoms with Crippen LogP contribution in [-0.2, 0) is 0 Å². The van der Waals surface area contributed by atoms with E-state index in [4.69, 9.17) is 5.11 Å². The minimum Gasteiger partial charge on any atom is -0.396 e. The summed E-state index contributed by atoms with van der Waals surface area (Å²) in [6, 6.07) is 0. The zero-order valence-corrected chi connectivity index (χ0v) is 13.2. The van der Waals surface area contributed by atoms with Crippen LogP contribution in [0.5, 0.6) is 0 Å². The molecule has 0 saturated heterocycles. The van der Waals surface area contributed by atoms with Crippen molar-refractivity contribution in [3.8, 4) is 0 Å². The molecule has 1 N–H and O–H groups in total. The monoisotopic (exact) mass is 269 g/mol. The molecule has 0 aliphatic rings. The Morgan fingerprint density at radius 3 is 0.947 bits per heavy atom. The lowest BCUT2D eigenvalue weighted by molar-refractivity contribution is 0.282. The van der Waals surface area contributed by atoms with Gasteiger partial charge in [-0.1, -0.05) is 103 Å². The average molecular weight is 269 g/mol. The number of hydrogen-bond acceptors (Lipinski definition) is 1.